The molecular formula is C25H26N4O4. The summed E-state index contributed by atoms with van der Waals surface area (Å²) in [7, 11) is 0. The Labute approximate surface area is 192 Å². The minimum absolute atomic E-state index is 0.136. The molecule has 4 N–H and O–H groups in total. The molecule has 0 saturated heterocycles. The molecule has 0 aliphatic carbocycles. The van der Waals surface area contributed by atoms with E-state index in [-0.39, 0.29) is 17.5 Å². The number of hydrogen-bond acceptors (Lipinski definition) is 5. The second-order valence-corrected chi connectivity index (χ2v) is 7.54. The topological polar surface area (TPSA) is 114 Å². The van der Waals surface area contributed by atoms with Crippen LogP contribution in [0.4, 0.5) is 27.5 Å². The van der Waals surface area contributed by atoms with Gasteiger partial charge in [-0.3, -0.25) is 4.79 Å². The normalized spacial score (nSPS) is 10.4. The van der Waals surface area contributed by atoms with Crippen LogP contribution in [0.2, 0.25) is 0 Å². The van der Waals surface area contributed by atoms with Gasteiger partial charge in [-0.2, -0.15) is 0 Å². The number of carbonyl (C=O) groups is 3. The van der Waals surface area contributed by atoms with Gasteiger partial charge in [0.1, 0.15) is 0 Å². The number of nitrogens with one attached hydrogen (secondary N) is 2. The molecule has 3 amide bonds. The Morgan fingerprint density at radius 1 is 0.848 bits per heavy atom. The molecule has 0 unspecified atom stereocenters. The Balaban J connectivity index is 1.61. The van der Waals surface area contributed by atoms with Crippen LogP contribution in [0, 0.1) is 0 Å². The fourth-order valence-electron chi connectivity index (χ4n) is 3.24. The summed E-state index contributed by atoms with van der Waals surface area (Å²) in [5, 5.41) is 5.70. The molecule has 3 rings (SSSR count). The van der Waals surface area contributed by atoms with Crippen LogP contribution in [0.3, 0.4) is 0 Å². The van der Waals surface area contributed by atoms with Gasteiger partial charge in [0.15, 0.2) is 6.61 Å². The lowest BCUT2D eigenvalue weighted by atomic mass is 10.2. The van der Waals surface area contributed by atoms with Crippen LogP contribution in [0.5, 0.6) is 0 Å². The number of rotatable bonds is 8. The number of benzene rings is 3. The van der Waals surface area contributed by atoms with Crippen molar-refractivity contribution in [1.82, 2.24) is 0 Å². The van der Waals surface area contributed by atoms with Gasteiger partial charge in [-0.15, -0.1) is 0 Å². The van der Waals surface area contributed by atoms with Gasteiger partial charge in [-0.25, -0.2) is 9.59 Å². The molecule has 3 aromatic rings. The zero-order chi connectivity index (χ0) is 23.8. The number of nitrogens with two attached hydrogens (primary N) is 1. The monoisotopic (exact) mass is 446 g/mol. The number of nitrogens with zero attached hydrogens (tertiary/aromatic N) is 1. The number of amides is 3. The highest BCUT2D eigenvalue weighted by atomic mass is 16.5. The third-order valence-electron chi connectivity index (χ3n) is 4.71. The summed E-state index contributed by atoms with van der Waals surface area (Å²) in [4.78, 5) is 37.6. The maximum Gasteiger partial charge on any atom is 0.338 e. The van der Waals surface area contributed by atoms with Gasteiger partial charge in [0.2, 0.25) is 0 Å². The Morgan fingerprint density at radius 2 is 1.42 bits per heavy atom. The Hall–Kier alpha value is -4.33. The van der Waals surface area contributed by atoms with Crippen molar-refractivity contribution in [1.29, 1.82) is 0 Å². The third-order valence-corrected chi connectivity index (χ3v) is 4.71. The molecular weight excluding hydrogens is 420 g/mol. The number of anilines is 4. The summed E-state index contributed by atoms with van der Waals surface area (Å²) < 4.78 is 5.21. The van der Waals surface area contributed by atoms with E-state index >= 15 is 0 Å². The summed E-state index contributed by atoms with van der Waals surface area (Å²) in [6.45, 7) is 3.38. The zero-order valence-electron chi connectivity index (χ0n) is 18.4. The van der Waals surface area contributed by atoms with E-state index in [1.54, 1.807) is 4.90 Å². The van der Waals surface area contributed by atoms with Crippen molar-refractivity contribution in [2.45, 2.75) is 19.9 Å². The number of ether oxygens (including phenoxy) is 1. The minimum atomic E-state index is -0.700. The van der Waals surface area contributed by atoms with Crippen molar-refractivity contribution >= 4 is 40.7 Å². The first kappa shape index (κ1) is 23.3. The summed E-state index contributed by atoms with van der Waals surface area (Å²) in [5.41, 5.74) is 8.32. The zero-order valence-corrected chi connectivity index (χ0v) is 18.4. The van der Waals surface area contributed by atoms with Crippen molar-refractivity contribution < 1.29 is 19.1 Å². The minimum Gasteiger partial charge on any atom is -0.452 e. The maximum atomic E-state index is 12.8. The van der Waals surface area contributed by atoms with E-state index in [9.17, 15) is 14.4 Å². The Kier molecular flexibility index (Phi) is 7.64. The molecule has 0 aliphatic rings. The number of esters is 1. The molecule has 0 saturated carbocycles. The van der Waals surface area contributed by atoms with Gasteiger partial charge in [0.25, 0.3) is 5.91 Å². The molecule has 0 radical (unpaired) electrons. The van der Waals surface area contributed by atoms with Gasteiger partial charge in [0.05, 0.1) is 5.56 Å². The van der Waals surface area contributed by atoms with Crippen molar-refractivity contribution in [2.75, 3.05) is 22.1 Å². The smallest absolute Gasteiger partial charge is 0.338 e. The molecule has 8 heteroatoms. The molecule has 170 valence electrons. The second kappa shape index (κ2) is 10.8. The van der Waals surface area contributed by atoms with Crippen LogP contribution in [-0.2, 0) is 9.53 Å². The highest BCUT2D eigenvalue weighted by Gasteiger charge is 2.21. The summed E-state index contributed by atoms with van der Waals surface area (Å²) >= 11 is 0. The number of primary amides is 1. The Bertz CT molecular complexity index is 1100. The van der Waals surface area contributed by atoms with E-state index in [0.29, 0.717) is 11.4 Å². The lowest BCUT2D eigenvalue weighted by molar-refractivity contribution is -0.122. The molecule has 33 heavy (non-hydrogen) atoms. The highest BCUT2D eigenvalue weighted by molar-refractivity contribution is 5.98. The third kappa shape index (κ3) is 6.57. The summed E-state index contributed by atoms with van der Waals surface area (Å²) in [6.07, 6.45) is 0. The van der Waals surface area contributed by atoms with E-state index < -0.39 is 18.6 Å². The molecule has 8 nitrogen and oxygen atoms in total. The van der Waals surface area contributed by atoms with Crippen LogP contribution in [-0.4, -0.2) is 30.6 Å². The van der Waals surface area contributed by atoms with Crippen LogP contribution < -0.4 is 21.3 Å². The van der Waals surface area contributed by atoms with Crippen LogP contribution in [0.1, 0.15) is 24.2 Å². The lowest BCUT2D eigenvalue weighted by Gasteiger charge is -2.27. The lowest BCUT2D eigenvalue weighted by Crippen LogP contribution is -2.39. The van der Waals surface area contributed by atoms with Gasteiger partial charge in [-0.1, -0.05) is 18.2 Å². The standard InChI is InChI=1S/C25H26N4O4/c1-17(2)29(22-14-12-20(13-15-22)27-19-6-4-3-5-7-19)23(30)16-33-24(31)18-8-10-21(11-9-18)28-25(26)32/h3-15,17,27H,16H2,1-2H3,(H3,26,28,32). The summed E-state index contributed by atoms with van der Waals surface area (Å²) in [6, 6.07) is 22.4. The molecule has 0 fully saturated rings. The van der Waals surface area contributed by atoms with Gasteiger partial charge in [-0.05, 0) is 74.5 Å². The van der Waals surface area contributed by atoms with Crippen LogP contribution >= 0.6 is 0 Å². The van der Waals surface area contributed by atoms with Crippen molar-refractivity contribution in [3.05, 3.63) is 84.4 Å². The van der Waals surface area contributed by atoms with Gasteiger partial charge in [0, 0.05) is 28.8 Å². The first-order chi connectivity index (χ1) is 15.8. The molecule has 0 aliphatic heterocycles. The van der Waals surface area contributed by atoms with Gasteiger partial charge >= 0.3 is 12.0 Å². The largest absolute Gasteiger partial charge is 0.452 e. The van der Waals surface area contributed by atoms with E-state index in [1.165, 1.54) is 24.3 Å². The predicted molar refractivity (Wildman–Crippen MR) is 129 cm³/mol. The number of hydrogen-bond donors (Lipinski definition) is 3. The van der Waals surface area contributed by atoms with Crippen LogP contribution in [0.25, 0.3) is 0 Å². The van der Waals surface area contributed by atoms with Gasteiger partial charge < -0.3 is 26.0 Å². The predicted octanol–water partition coefficient (Wildman–Crippen LogP) is 4.52. The Morgan fingerprint density at radius 3 is 2.00 bits per heavy atom. The maximum absolute atomic E-state index is 12.8. The SMILES string of the molecule is CC(C)N(C(=O)COC(=O)c1ccc(NC(N)=O)cc1)c1ccc(Nc2ccccc2)cc1. The number of urea groups is 1. The summed E-state index contributed by atoms with van der Waals surface area (Å²) in [5.74, 6) is -0.978. The first-order valence-electron chi connectivity index (χ1n) is 10.4. The van der Waals surface area contributed by atoms with Crippen molar-refractivity contribution in [2.24, 2.45) is 5.73 Å². The number of para-hydroxylation sites is 1. The quantitative estimate of drug-likeness (QED) is 0.440. The molecule has 0 aromatic heterocycles. The molecule has 0 spiro atoms. The second-order valence-electron chi connectivity index (χ2n) is 7.54. The number of carbonyl (C=O) groups excluding carboxylic acids is 3. The van der Waals surface area contributed by atoms with Crippen molar-refractivity contribution in [3.63, 3.8) is 0 Å². The van der Waals surface area contributed by atoms with Crippen molar-refractivity contribution in [3.8, 4) is 0 Å². The van der Waals surface area contributed by atoms with E-state index in [0.717, 1.165) is 11.4 Å². The average Bonchev–Trinajstić information content (AvgIpc) is 2.79. The molecule has 0 bridgehead atoms. The fourth-order valence-corrected chi connectivity index (χ4v) is 3.24. The first-order valence-corrected chi connectivity index (χ1v) is 10.4. The average molecular weight is 447 g/mol. The highest BCUT2D eigenvalue weighted by Crippen LogP contribution is 2.23. The van der Waals surface area contributed by atoms with E-state index in [4.69, 9.17) is 10.5 Å². The molecule has 0 atom stereocenters. The van der Waals surface area contributed by atoms with Crippen LogP contribution in [0.15, 0.2) is 78.9 Å². The van der Waals surface area contributed by atoms with E-state index in [1.807, 2.05) is 68.4 Å². The molecule has 3 aromatic carbocycles. The van der Waals surface area contributed by atoms with E-state index in [2.05, 4.69) is 10.6 Å². The fraction of sp³-hybridized carbons (Fsp3) is 0.160. The molecule has 0 heterocycles.